The van der Waals surface area contributed by atoms with E-state index in [9.17, 15) is 4.79 Å². The zero-order valence-corrected chi connectivity index (χ0v) is 8.71. The van der Waals surface area contributed by atoms with E-state index in [0.29, 0.717) is 30.4 Å². The number of carboxylic acid groups (broad SMARTS) is 1. The number of nitriles is 1. The molecule has 2 heterocycles. The van der Waals surface area contributed by atoms with Gasteiger partial charge in [0.25, 0.3) is 0 Å². The highest BCUT2D eigenvalue weighted by molar-refractivity contribution is 5.73. The number of aliphatic carboxylic acids is 1. The first-order valence-electron chi connectivity index (χ1n) is 4.83. The van der Waals surface area contributed by atoms with E-state index in [2.05, 4.69) is 9.97 Å². The van der Waals surface area contributed by atoms with Crippen LogP contribution in [0.15, 0.2) is 6.07 Å². The topological polar surface area (TPSA) is 90.1 Å². The molecule has 2 rings (SSSR count). The molecule has 1 aliphatic heterocycles. The minimum absolute atomic E-state index is 0.307. The van der Waals surface area contributed by atoms with Gasteiger partial charge in [-0.3, -0.25) is 4.79 Å². The second-order valence-corrected chi connectivity index (χ2v) is 3.75. The highest BCUT2D eigenvalue weighted by Crippen LogP contribution is 2.21. The predicted octanol–water partition coefficient (Wildman–Crippen LogP) is 0.177. The number of rotatable bonds is 2. The van der Waals surface area contributed by atoms with Gasteiger partial charge < -0.3 is 10.0 Å². The fourth-order valence-corrected chi connectivity index (χ4v) is 1.55. The molecular formula is C10H10N4O2. The minimum Gasteiger partial charge on any atom is -0.481 e. The Labute approximate surface area is 92.2 Å². The molecule has 0 bridgehead atoms. The third kappa shape index (κ3) is 1.80. The van der Waals surface area contributed by atoms with Gasteiger partial charge in [0, 0.05) is 18.8 Å². The number of hydrogen-bond acceptors (Lipinski definition) is 5. The van der Waals surface area contributed by atoms with Gasteiger partial charge in [-0.05, 0) is 13.0 Å². The summed E-state index contributed by atoms with van der Waals surface area (Å²) < 4.78 is 0. The van der Waals surface area contributed by atoms with Crippen molar-refractivity contribution in [3.05, 3.63) is 17.5 Å². The van der Waals surface area contributed by atoms with Crippen LogP contribution in [-0.4, -0.2) is 34.1 Å². The van der Waals surface area contributed by atoms with Crippen molar-refractivity contribution in [1.29, 1.82) is 5.26 Å². The highest BCUT2D eigenvalue weighted by atomic mass is 16.4. The molecule has 1 aliphatic rings. The van der Waals surface area contributed by atoms with Crippen LogP contribution in [0, 0.1) is 24.2 Å². The van der Waals surface area contributed by atoms with E-state index < -0.39 is 5.97 Å². The molecule has 1 aromatic heterocycles. The van der Waals surface area contributed by atoms with Gasteiger partial charge >= 0.3 is 5.97 Å². The lowest BCUT2D eigenvalue weighted by Crippen LogP contribution is -2.51. The average molecular weight is 218 g/mol. The maximum atomic E-state index is 10.6. The number of carbonyl (C=O) groups is 1. The van der Waals surface area contributed by atoms with Crippen LogP contribution in [0.1, 0.15) is 11.4 Å². The summed E-state index contributed by atoms with van der Waals surface area (Å²) in [5.74, 6) is -0.715. The zero-order valence-electron chi connectivity index (χ0n) is 8.71. The van der Waals surface area contributed by atoms with Crippen molar-refractivity contribution in [3.8, 4) is 6.07 Å². The highest BCUT2D eigenvalue weighted by Gasteiger charge is 2.34. The zero-order chi connectivity index (χ0) is 11.7. The van der Waals surface area contributed by atoms with Gasteiger partial charge in [0.2, 0.25) is 5.95 Å². The lowest BCUT2D eigenvalue weighted by Gasteiger charge is -2.36. The van der Waals surface area contributed by atoms with Crippen molar-refractivity contribution < 1.29 is 9.90 Å². The van der Waals surface area contributed by atoms with E-state index in [-0.39, 0.29) is 5.92 Å². The molecule has 16 heavy (non-hydrogen) atoms. The molecule has 82 valence electrons. The molecule has 0 saturated carbocycles. The Morgan fingerprint density at radius 2 is 2.31 bits per heavy atom. The maximum Gasteiger partial charge on any atom is 0.310 e. The summed E-state index contributed by atoms with van der Waals surface area (Å²) in [7, 11) is 0. The van der Waals surface area contributed by atoms with Crippen LogP contribution in [0.2, 0.25) is 0 Å². The monoisotopic (exact) mass is 218 g/mol. The normalized spacial score (nSPS) is 15.4. The number of anilines is 1. The van der Waals surface area contributed by atoms with E-state index in [0.717, 1.165) is 0 Å². The van der Waals surface area contributed by atoms with Gasteiger partial charge in [0.05, 0.1) is 5.92 Å². The predicted molar refractivity (Wildman–Crippen MR) is 54.8 cm³/mol. The first kappa shape index (κ1) is 10.4. The second kappa shape index (κ2) is 3.77. The molecule has 0 aromatic carbocycles. The average Bonchev–Trinajstić information content (AvgIpc) is 2.13. The fourth-order valence-electron chi connectivity index (χ4n) is 1.55. The molecule has 1 N–H and O–H groups in total. The Morgan fingerprint density at radius 1 is 1.62 bits per heavy atom. The largest absolute Gasteiger partial charge is 0.481 e. The van der Waals surface area contributed by atoms with Crippen LogP contribution < -0.4 is 4.90 Å². The van der Waals surface area contributed by atoms with Crippen LogP contribution in [0.3, 0.4) is 0 Å². The summed E-state index contributed by atoms with van der Waals surface area (Å²) in [6.07, 6.45) is 0. The molecule has 1 fully saturated rings. The molecule has 0 spiro atoms. The Hall–Kier alpha value is -2.16. The molecule has 0 amide bonds. The summed E-state index contributed by atoms with van der Waals surface area (Å²) in [6.45, 7) is 2.59. The van der Waals surface area contributed by atoms with E-state index in [4.69, 9.17) is 10.4 Å². The summed E-state index contributed by atoms with van der Waals surface area (Å²) in [5.41, 5.74) is 1.02. The summed E-state index contributed by atoms with van der Waals surface area (Å²) in [6, 6.07) is 3.55. The van der Waals surface area contributed by atoms with Crippen LogP contribution in [0.4, 0.5) is 5.95 Å². The van der Waals surface area contributed by atoms with Gasteiger partial charge in [0.1, 0.15) is 11.8 Å². The van der Waals surface area contributed by atoms with Crippen molar-refractivity contribution in [3.63, 3.8) is 0 Å². The van der Waals surface area contributed by atoms with E-state index in [1.54, 1.807) is 17.9 Å². The Kier molecular flexibility index (Phi) is 2.44. The third-order valence-corrected chi connectivity index (χ3v) is 2.47. The van der Waals surface area contributed by atoms with Crippen molar-refractivity contribution in [2.24, 2.45) is 5.92 Å². The van der Waals surface area contributed by atoms with Crippen LogP contribution in [0.5, 0.6) is 0 Å². The Morgan fingerprint density at radius 3 is 2.88 bits per heavy atom. The molecule has 0 aliphatic carbocycles. The van der Waals surface area contributed by atoms with Gasteiger partial charge in [-0.15, -0.1) is 0 Å². The fraction of sp³-hybridized carbons (Fsp3) is 0.400. The van der Waals surface area contributed by atoms with Crippen molar-refractivity contribution in [2.45, 2.75) is 6.92 Å². The lowest BCUT2D eigenvalue weighted by molar-refractivity contribution is -0.142. The standard InChI is InChI=1S/C10H10N4O2/c1-6-2-8(3-11)13-10(12-6)14-4-7(5-14)9(15)16/h2,7H,4-5H2,1H3,(H,15,16). The van der Waals surface area contributed by atoms with Gasteiger partial charge in [0.15, 0.2) is 0 Å². The minimum atomic E-state index is -0.801. The summed E-state index contributed by atoms with van der Waals surface area (Å²) in [5, 5.41) is 17.5. The Bertz CT molecular complexity index is 474. The van der Waals surface area contributed by atoms with Gasteiger partial charge in [-0.2, -0.15) is 5.26 Å². The molecule has 1 saturated heterocycles. The van der Waals surface area contributed by atoms with Crippen LogP contribution in [-0.2, 0) is 4.79 Å². The summed E-state index contributed by atoms with van der Waals surface area (Å²) >= 11 is 0. The van der Waals surface area contributed by atoms with Crippen molar-refractivity contribution in [2.75, 3.05) is 18.0 Å². The molecular weight excluding hydrogens is 208 g/mol. The number of carboxylic acids is 1. The summed E-state index contributed by atoms with van der Waals surface area (Å²) in [4.78, 5) is 20.6. The number of aryl methyl sites for hydroxylation is 1. The molecule has 0 unspecified atom stereocenters. The molecule has 1 aromatic rings. The van der Waals surface area contributed by atoms with Crippen molar-refractivity contribution >= 4 is 11.9 Å². The van der Waals surface area contributed by atoms with Crippen molar-refractivity contribution in [1.82, 2.24) is 9.97 Å². The number of hydrogen-bond donors (Lipinski definition) is 1. The molecule has 0 radical (unpaired) electrons. The third-order valence-electron chi connectivity index (χ3n) is 2.47. The van der Waals surface area contributed by atoms with E-state index in [1.165, 1.54) is 0 Å². The maximum absolute atomic E-state index is 10.6. The smallest absolute Gasteiger partial charge is 0.310 e. The first-order valence-corrected chi connectivity index (χ1v) is 4.83. The van der Waals surface area contributed by atoms with Crippen LogP contribution in [0.25, 0.3) is 0 Å². The quantitative estimate of drug-likeness (QED) is 0.761. The second-order valence-electron chi connectivity index (χ2n) is 3.75. The van der Waals surface area contributed by atoms with Gasteiger partial charge in [-0.1, -0.05) is 0 Å². The Balaban J connectivity index is 2.15. The lowest BCUT2D eigenvalue weighted by atomic mass is 10.0. The number of aromatic nitrogens is 2. The molecule has 6 nitrogen and oxygen atoms in total. The van der Waals surface area contributed by atoms with E-state index >= 15 is 0 Å². The van der Waals surface area contributed by atoms with Crippen LogP contribution >= 0.6 is 0 Å². The molecule has 6 heteroatoms. The number of nitrogens with zero attached hydrogens (tertiary/aromatic N) is 4. The first-order chi connectivity index (χ1) is 7.60. The SMILES string of the molecule is Cc1cc(C#N)nc(N2CC(C(=O)O)C2)n1. The molecule has 0 atom stereocenters. The van der Waals surface area contributed by atoms with Gasteiger partial charge in [-0.25, -0.2) is 9.97 Å². The van der Waals surface area contributed by atoms with E-state index in [1.807, 2.05) is 6.07 Å².